The van der Waals surface area contributed by atoms with Gasteiger partial charge in [0.05, 0.1) is 0 Å². The molecule has 3 rings (SSSR count). The molecule has 1 aromatic carbocycles. The van der Waals surface area contributed by atoms with Crippen LogP contribution < -0.4 is 10.2 Å². The Hall–Kier alpha value is -2.04. The number of rotatable bonds is 3. The van der Waals surface area contributed by atoms with Crippen LogP contribution in [-0.4, -0.2) is 49.4 Å². The maximum absolute atomic E-state index is 12.4. The molecule has 5 nitrogen and oxygen atoms in total. The van der Waals surface area contributed by atoms with Crippen molar-refractivity contribution in [3.05, 3.63) is 30.3 Å². The smallest absolute Gasteiger partial charge is 0.223 e. The van der Waals surface area contributed by atoms with Gasteiger partial charge < -0.3 is 15.1 Å². The van der Waals surface area contributed by atoms with Crippen molar-refractivity contribution in [1.29, 1.82) is 0 Å². The largest absolute Gasteiger partial charge is 0.371 e. The molecule has 0 spiro atoms. The first-order valence-corrected chi connectivity index (χ1v) is 8.48. The molecular formula is C18H25N3O2. The summed E-state index contributed by atoms with van der Waals surface area (Å²) in [4.78, 5) is 28.2. The van der Waals surface area contributed by atoms with E-state index < -0.39 is 0 Å². The van der Waals surface area contributed by atoms with E-state index in [0.29, 0.717) is 13.0 Å². The standard InChI is InChI=1S/C18H25N3O2/c1-20-10-7-14(13-17(20)22)18(23)19-15-8-11-21(12-9-15)16-5-3-2-4-6-16/h2-6,14-15H,7-13H2,1H3,(H,19,23)/t14-/m1/s1. The molecular weight excluding hydrogens is 290 g/mol. The van der Waals surface area contributed by atoms with E-state index >= 15 is 0 Å². The van der Waals surface area contributed by atoms with Crippen molar-refractivity contribution in [2.75, 3.05) is 31.6 Å². The van der Waals surface area contributed by atoms with E-state index in [9.17, 15) is 9.59 Å². The Labute approximate surface area is 137 Å². The summed E-state index contributed by atoms with van der Waals surface area (Å²) in [5.74, 6) is -0.00855. The highest BCUT2D eigenvalue weighted by Crippen LogP contribution is 2.21. The number of likely N-dealkylation sites (tertiary alicyclic amines) is 1. The third-order valence-corrected chi connectivity index (χ3v) is 4.99. The third-order valence-electron chi connectivity index (χ3n) is 4.99. The van der Waals surface area contributed by atoms with Crippen molar-refractivity contribution < 1.29 is 9.59 Å². The second-order valence-electron chi connectivity index (χ2n) is 6.61. The molecule has 2 heterocycles. The highest BCUT2D eigenvalue weighted by atomic mass is 16.2. The van der Waals surface area contributed by atoms with Crippen molar-refractivity contribution in [1.82, 2.24) is 10.2 Å². The summed E-state index contributed by atoms with van der Waals surface area (Å²) in [5.41, 5.74) is 1.25. The predicted molar refractivity (Wildman–Crippen MR) is 90.2 cm³/mol. The van der Waals surface area contributed by atoms with Gasteiger partial charge in [0.1, 0.15) is 0 Å². The van der Waals surface area contributed by atoms with Crippen molar-refractivity contribution in [3.8, 4) is 0 Å². The first-order chi connectivity index (χ1) is 11.1. The number of hydrogen-bond donors (Lipinski definition) is 1. The van der Waals surface area contributed by atoms with Crippen LogP contribution in [0.3, 0.4) is 0 Å². The summed E-state index contributed by atoms with van der Waals surface area (Å²) in [5, 5.41) is 3.16. The van der Waals surface area contributed by atoms with Crippen molar-refractivity contribution in [3.63, 3.8) is 0 Å². The molecule has 0 unspecified atom stereocenters. The molecule has 5 heteroatoms. The number of carbonyl (C=O) groups excluding carboxylic acids is 2. The predicted octanol–water partition coefficient (Wildman–Crippen LogP) is 1.64. The average molecular weight is 315 g/mol. The highest BCUT2D eigenvalue weighted by molar-refractivity contribution is 5.87. The zero-order chi connectivity index (χ0) is 16.2. The maximum Gasteiger partial charge on any atom is 0.223 e. The minimum absolute atomic E-state index is 0.0598. The van der Waals surface area contributed by atoms with Gasteiger partial charge in [-0.2, -0.15) is 0 Å². The first-order valence-electron chi connectivity index (χ1n) is 8.48. The molecule has 0 aromatic heterocycles. The molecule has 2 amide bonds. The van der Waals surface area contributed by atoms with E-state index in [2.05, 4.69) is 34.5 Å². The number of amides is 2. The van der Waals surface area contributed by atoms with Crippen molar-refractivity contribution in [2.45, 2.75) is 31.7 Å². The van der Waals surface area contributed by atoms with Crippen LogP contribution in [-0.2, 0) is 9.59 Å². The lowest BCUT2D eigenvalue weighted by Crippen LogP contribution is -2.48. The number of piperidine rings is 2. The Kier molecular flexibility index (Phi) is 4.84. The molecule has 0 aliphatic carbocycles. The Bertz CT molecular complexity index is 553. The molecule has 0 radical (unpaired) electrons. The molecule has 124 valence electrons. The molecule has 1 aromatic rings. The van der Waals surface area contributed by atoms with E-state index in [-0.39, 0.29) is 23.8 Å². The molecule has 0 bridgehead atoms. The summed E-state index contributed by atoms with van der Waals surface area (Å²) in [6, 6.07) is 10.6. The molecule has 2 aliphatic rings. The number of hydrogen-bond acceptors (Lipinski definition) is 3. The van der Waals surface area contributed by atoms with Crippen LogP contribution >= 0.6 is 0 Å². The van der Waals surface area contributed by atoms with Crippen molar-refractivity contribution >= 4 is 17.5 Å². The van der Waals surface area contributed by atoms with Crippen LogP contribution in [0.1, 0.15) is 25.7 Å². The summed E-state index contributed by atoms with van der Waals surface area (Å²) in [6.45, 7) is 2.60. The second kappa shape index (κ2) is 7.02. The summed E-state index contributed by atoms with van der Waals surface area (Å²) in [6.07, 6.45) is 3.05. The topological polar surface area (TPSA) is 52.7 Å². The molecule has 2 fully saturated rings. The summed E-state index contributed by atoms with van der Waals surface area (Å²) in [7, 11) is 1.80. The molecule has 1 atom stereocenters. The summed E-state index contributed by atoms with van der Waals surface area (Å²) >= 11 is 0. The Morgan fingerprint density at radius 3 is 2.43 bits per heavy atom. The fourth-order valence-electron chi connectivity index (χ4n) is 3.41. The fraction of sp³-hybridized carbons (Fsp3) is 0.556. The normalized spacial score (nSPS) is 23.0. The van der Waals surface area contributed by atoms with Gasteiger partial charge in [0.25, 0.3) is 0 Å². The Morgan fingerprint density at radius 1 is 1.09 bits per heavy atom. The number of nitrogens with one attached hydrogen (secondary N) is 1. The molecule has 1 N–H and O–H groups in total. The number of carbonyl (C=O) groups is 2. The SMILES string of the molecule is CN1CC[C@@H](C(=O)NC2CCN(c3ccccc3)CC2)CC1=O. The lowest BCUT2D eigenvalue weighted by molar-refractivity contribution is -0.139. The van der Waals surface area contributed by atoms with Gasteiger partial charge in [-0.05, 0) is 31.4 Å². The van der Waals surface area contributed by atoms with Crippen LogP contribution in [0, 0.1) is 5.92 Å². The lowest BCUT2D eigenvalue weighted by atomic mass is 9.94. The lowest BCUT2D eigenvalue weighted by Gasteiger charge is -2.35. The number of nitrogens with zero attached hydrogens (tertiary/aromatic N) is 2. The van der Waals surface area contributed by atoms with Gasteiger partial charge in [0.15, 0.2) is 0 Å². The van der Waals surface area contributed by atoms with Crippen LogP contribution in [0.15, 0.2) is 30.3 Å². The monoisotopic (exact) mass is 315 g/mol. The number of benzene rings is 1. The van der Waals surface area contributed by atoms with Crippen LogP contribution in [0.5, 0.6) is 0 Å². The van der Waals surface area contributed by atoms with Gasteiger partial charge in [-0.3, -0.25) is 9.59 Å². The quantitative estimate of drug-likeness (QED) is 0.922. The average Bonchev–Trinajstić information content (AvgIpc) is 2.59. The number of para-hydroxylation sites is 1. The van der Waals surface area contributed by atoms with Crippen LogP contribution in [0.2, 0.25) is 0 Å². The zero-order valence-electron chi connectivity index (χ0n) is 13.7. The summed E-state index contributed by atoms with van der Waals surface area (Å²) < 4.78 is 0. The third kappa shape index (κ3) is 3.84. The van der Waals surface area contributed by atoms with Crippen LogP contribution in [0.25, 0.3) is 0 Å². The van der Waals surface area contributed by atoms with Gasteiger partial charge in [-0.1, -0.05) is 18.2 Å². The fourth-order valence-corrected chi connectivity index (χ4v) is 3.41. The highest BCUT2D eigenvalue weighted by Gasteiger charge is 2.30. The van der Waals surface area contributed by atoms with Gasteiger partial charge >= 0.3 is 0 Å². The second-order valence-corrected chi connectivity index (χ2v) is 6.61. The van der Waals surface area contributed by atoms with Gasteiger partial charge in [-0.15, -0.1) is 0 Å². The molecule has 0 saturated carbocycles. The van der Waals surface area contributed by atoms with E-state index in [1.54, 1.807) is 11.9 Å². The first kappa shape index (κ1) is 15.8. The van der Waals surface area contributed by atoms with E-state index in [1.165, 1.54) is 5.69 Å². The minimum atomic E-state index is -0.147. The molecule has 2 saturated heterocycles. The molecule has 2 aliphatic heterocycles. The Morgan fingerprint density at radius 2 is 1.78 bits per heavy atom. The molecule has 23 heavy (non-hydrogen) atoms. The van der Waals surface area contributed by atoms with Gasteiger partial charge in [0.2, 0.25) is 11.8 Å². The van der Waals surface area contributed by atoms with Gasteiger partial charge in [0, 0.05) is 50.7 Å². The van der Waals surface area contributed by atoms with Crippen LogP contribution in [0.4, 0.5) is 5.69 Å². The van der Waals surface area contributed by atoms with Crippen molar-refractivity contribution in [2.24, 2.45) is 5.92 Å². The van der Waals surface area contributed by atoms with E-state index in [4.69, 9.17) is 0 Å². The van der Waals surface area contributed by atoms with E-state index in [1.807, 2.05) is 6.07 Å². The maximum atomic E-state index is 12.4. The van der Waals surface area contributed by atoms with E-state index in [0.717, 1.165) is 32.4 Å². The zero-order valence-corrected chi connectivity index (χ0v) is 13.7. The van der Waals surface area contributed by atoms with Gasteiger partial charge in [-0.25, -0.2) is 0 Å². The number of anilines is 1. The Balaban J connectivity index is 1.47. The minimum Gasteiger partial charge on any atom is -0.371 e.